The number of morpholine rings is 2. The van der Waals surface area contributed by atoms with Gasteiger partial charge in [-0.15, -0.1) is 0 Å². The number of carbonyl (C=O) groups is 2. The van der Waals surface area contributed by atoms with E-state index in [0.717, 1.165) is 16.8 Å². The zero-order chi connectivity index (χ0) is 43.4. The van der Waals surface area contributed by atoms with Crippen LogP contribution >= 0.6 is 0 Å². The van der Waals surface area contributed by atoms with Crippen LogP contribution in [0, 0.1) is 5.82 Å². The number of pyridine rings is 2. The monoisotopic (exact) mass is 836 g/mol. The van der Waals surface area contributed by atoms with Gasteiger partial charge in [0.2, 0.25) is 0 Å². The Balaban J connectivity index is 0.000000255. The van der Waals surface area contributed by atoms with Crippen molar-refractivity contribution in [1.82, 2.24) is 30.4 Å². The van der Waals surface area contributed by atoms with Crippen molar-refractivity contribution in [2.75, 3.05) is 114 Å². The Bertz CT molecular complexity index is 1880. The van der Waals surface area contributed by atoms with Gasteiger partial charge >= 0.3 is 12.1 Å². The van der Waals surface area contributed by atoms with E-state index < -0.39 is 18.3 Å². The van der Waals surface area contributed by atoms with Gasteiger partial charge in [0.05, 0.1) is 61.3 Å². The first-order valence-electron chi connectivity index (χ1n) is 20.1. The standard InChI is InChI=1S/C21H27F2N5O2.C20H26FN5O2.C2H6/c1-27(2)19(15-5-7-24-8-6-15)14-25-21(29)26-17-13-16(20(22)23)3-4-18(17)28-9-11-30-12-10-28;1-25(2)19(15-5-7-22-8-6-15)14-23-20(27)24-17-13-16(21)3-4-18(17)26-9-11-28-12-10-26;1-2/h3-8,13,19-20H,9-12,14H2,1-2H3,(H2,25,26,29);3-8,13,19H,9-12,14H2,1-2H3,(H2,23,24,27);1-2H3. The van der Waals surface area contributed by atoms with E-state index in [9.17, 15) is 22.8 Å². The first kappa shape index (κ1) is 47.2. The van der Waals surface area contributed by atoms with Crippen molar-refractivity contribution in [1.29, 1.82) is 0 Å². The van der Waals surface area contributed by atoms with Crippen molar-refractivity contribution in [3.63, 3.8) is 0 Å². The summed E-state index contributed by atoms with van der Waals surface area (Å²) < 4.78 is 50.9. The van der Waals surface area contributed by atoms with Crippen LogP contribution in [-0.2, 0) is 9.47 Å². The van der Waals surface area contributed by atoms with Crippen LogP contribution in [0.1, 0.15) is 49.0 Å². The normalized spacial score (nSPS) is 14.9. The molecule has 0 saturated carbocycles. The van der Waals surface area contributed by atoms with Crippen LogP contribution in [0.25, 0.3) is 0 Å². The number of carbonyl (C=O) groups excluding carboxylic acids is 2. The number of anilines is 4. The number of urea groups is 2. The molecule has 2 aromatic carbocycles. The number of amides is 4. The molecule has 4 amide bonds. The smallest absolute Gasteiger partial charge is 0.319 e. The van der Waals surface area contributed by atoms with E-state index in [1.807, 2.05) is 81.0 Å². The van der Waals surface area contributed by atoms with E-state index >= 15 is 0 Å². The van der Waals surface area contributed by atoms with Gasteiger partial charge in [0.1, 0.15) is 5.82 Å². The molecule has 2 atom stereocenters. The number of nitrogens with zero attached hydrogens (tertiary/aromatic N) is 6. The Morgan fingerprint density at radius 3 is 1.43 bits per heavy atom. The van der Waals surface area contributed by atoms with E-state index in [1.54, 1.807) is 36.9 Å². The molecular weight excluding hydrogens is 778 g/mol. The number of likely N-dealkylation sites (N-methyl/N-ethyl adjacent to an activating group) is 2. The van der Waals surface area contributed by atoms with E-state index in [1.165, 1.54) is 24.3 Å². The summed E-state index contributed by atoms with van der Waals surface area (Å²) in [5, 5.41) is 11.3. The molecule has 2 fully saturated rings. The summed E-state index contributed by atoms with van der Waals surface area (Å²) in [5.41, 5.74) is 4.24. The number of rotatable bonds is 13. The number of hydrogen-bond donors (Lipinski definition) is 4. The topological polar surface area (TPSA) is 139 Å². The number of alkyl halides is 2. The number of nitrogens with one attached hydrogen (secondary N) is 4. The third-order valence-corrected chi connectivity index (χ3v) is 9.77. The molecule has 0 bridgehead atoms. The highest BCUT2D eigenvalue weighted by Crippen LogP contribution is 2.32. The van der Waals surface area contributed by atoms with Crippen LogP contribution in [0.4, 0.5) is 45.5 Å². The molecule has 2 aromatic heterocycles. The van der Waals surface area contributed by atoms with Crippen molar-refractivity contribution in [3.05, 3.63) is 108 Å². The fraction of sp³-hybridized carbons (Fsp3) is 0.442. The summed E-state index contributed by atoms with van der Waals surface area (Å²) in [6, 6.07) is 15.6. The third-order valence-electron chi connectivity index (χ3n) is 9.77. The molecule has 0 aliphatic carbocycles. The first-order valence-corrected chi connectivity index (χ1v) is 20.1. The minimum atomic E-state index is -2.61. The van der Waals surface area contributed by atoms with Crippen molar-refractivity contribution in [2.45, 2.75) is 32.4 Å². The lowest BCUT2D eigenvalue weighted by Gasteiger charge is -2.31. The summed E-state index contributed by atoms with van der Waals surface area (Å²) in [7, 11) is 7.75. The maximum atomic E-state index is 13.8. The van der Waals surface area contributed by atoms with E-state index in [2.05, 4.69) is 36.1 Å². The average Bonchev–Trinajstić information content (AvgIpc) is 3.26. The lowest BCUT2D eigenvalue weighted by molar-refractivity contribution is 0.122. The summed E-state index contributed by atoms with van der Waals surface area (Å²) >= 11 is 0. The number of hydrogen-bond acceptors (Lipinski definition) is 10. The van der Waals surface area contributed by atoms with Crippen LogP contribution in [0.2, 0.25) is 0 Å². The second-order valence-electron chi connectivity index (χ2n) is 14.1. The number of ether oxygens (including phenoxy) is 2. The molecule has 60 heavy (non-hydrogen) atoms. The zero-order valence-corrected chi connectivity index (χ0v) is 35.3. The summed E-state index contributed by atoms with van der Waals surface area (Å²) in [6.45, 7) is 9.76. The van der Waals surface area contributed by atoms with Crippen LogP contribution in [0.3, 0.4) is 0 Å². The molecular formula is C43H59F3N10O4. The van der Waals surface area contributed by atoms with Crippen molar-refractivity contribution >= 4 is 34.8 Å². The number of benzene rings is 2. The van der Waals surface area contributed by atoms with E-state index in [-0.39, 0.29) is 23.7 Å². The predicted molar refractivity (Wildman–Crippen MR) is 231 cm³/mol. The van der Waals surface area contributed by atoms with Gasteiger partial charge in [0, 0.05) is 69.6 Å². The molecule has 4 N–H and O–H groups in total. The van der Waals surface area contributed by atoms with Gasteiger partial charge in [0.15, 0.2) is 0 Å². The quantitative estimate of drug-likeness (QED) is 0.114. The molecule has 0 radical (unpaired) electrons. The molecule has 2 aliphatic rings. The Morgan fingerprint density at radius 2 is 1.03 bits per heavy atom. The van der Waals surface area contributed by atoms with Crippen LogP contribution in [0.5, 0.6) is 0 Å². The van der Waals surface area contributed by atoms with Crippen molar-refractivity contribution < 1.29 is 32.2 Å². The highest BCUT2D eigenvalue weighted by Gasteiger charge is 2.22. The van der Waals surface area contributed by atoms with Gasteiger partial charge in [-0.2, -0.15) is 0 Å². The van der Waals surface area contributed by atoms with Crippen LogP contribution in [-0.4, -0.2) is 126 Å². The molecule has 326 valence electrons. The minimum Gasteiger partial charge on any atom is -0.378 e. The number of halogens is 3. The maximum Gasteiger partial charge on any atom is 0.319 e. The lowest BCUT2D eigenvalue weighted by Crippen LogP contribution is -2.39. The molecule has 4 heterocycles. The minimum absolute atomic E-state index is 0.0000249. The van der Waals surface area contributed by atoms with E-state index in [0.29, 0.717) is 82.8 Å². The molecule has 2 saturated heterocycles. The largest absolute Gasteiger partial charge is 0.378 e. The summed E-state index contributed by atoms with van der Waals surface area (Å²) in [6.07, 6.45) is 4.25. The van der Waals surface area contributed by atoms with Gasteiger partial charge in [-0.3, -0.25) is 9.97 Å². The predicted octanol–water partition coefficient (Wildman–Crippen LogP) is 6.79. The van der Waals surface area contributed by atoms with Gasteiger partial charge in [-0.25, -0.2) is 22.8 Å². The first-order chi connectivity index (χ1) is 29.0. The average molecular weight is 837 g/mol. The number of aromatic nitrogens is 2. The third kappa shape index (κ3) is 14.4. The van der Waals surface area contributed by atoms with Gasteiger partial charge in [-0.05, 0) is 93.9 Å². The lowest BCUT2D eigenvalue weighted by atomic mass is 10.1. The van der Waals surface area contributed by atoms with Crippen LogP contribution in [0.15, 0.2) is 85.5 Å². The molecule has 14 nitrogen and oxygen atoms in total. The highest BCUT2D eigenvalue weighted by molar-refractivity contribution is 5.94. The fourth-order valence-corrected chi connectivity index (χ4v) is 6.64. The Morgan fingerprint density at radius 1 is 0.633 bits per heavy atom. The Labute approximate surface area is 351 Å². The second kappa shape index (κ2) is 24.6. The Hall–Kier alpha value is -5.49. The summed E-state index contributed by atoms with van der Waals surface area (Å²) in [5.74, 6) is -0.393. The van der Waals surface area contributed by atoms with Crippen LogP contribution < -0.4 is 31.1 Å². The van der Waals surface area contributed by atoms with E-state index in [4.69, 9.17) is 9.47 Å². The van der Waals surface area contributed by atoms with Gasteiger partial charge in [0.25, 0.3) is 6.43 Å². The maximum absolute atomic E-state index is 13.8. The van der Waals surface area contributed by atoms with Gasteiger partial charge < -0.3 is 50.3 Å². The second-order valence-corrected chi connectivity index (χ2v) is 14.1. The fourth-order valence-electron chi connectivity index (χ4n) is 6.64. The SMILES string of the molecule is CC.CN(C)C(CNC(=O)Nc1cc(C(F)F)ccc1N1CCOCC1)c1ccncc1.CN(C)C(CNC(=O)Nc1cc(F)ccc1N1CCOCC1)c1ccncc1. The molecule has 2 unspecified atom stereocenters. The summed E-state index contributed by atoms with van der Waals surface area (Å²) in [4.78, 5) is 41.3. The molecule has 6 rings (SSSR count). The van der Waals surface area contributed by atoms with Crippen molar-refractivity contribution in [3.8, 4) is 0 Å². The van der Waals surface area contributed by atoms with Crippen molar-refractivity contribution in [2.24, 2.45) is 0 Å². The molecule has 17 heteroatoms. The molecule has 4 aromatic rings. The zero-order valence-electron chi connectivity index (χ0n) is 35.3. The van der Waals surface area contributed by atoms with Gasteiger partial charge in [-0.1, -0.05) is 19.9 Å². The highest BCUT2D eigenvalue weighted by atomic mass is 19.3. The molecule has 2 aliphatic heterocycles. The molecule has 0 spiro atoms. The Kier molecular flexibility index (Phi) is 19.3.